The van der Waals surface area contributed by atoms with Crippen molar-refractivity contribution >= 4 is 39.3 Å². The minimum absolute atomic E-state index is 0.0154. The molecule has 6 heteroatoms. The summed E-state index contributed by atoms with van der Waals surface area (Å²) in [5, 5.41) is 0. The zero-order valence-corrected chi connectivity index (χ0v) is 16.3. The lowest BCUT2D eigenvalue weighted by molar-refractivity contribution is -0.140. The first kappa shape index (κ1) is 17.9. The number of benzene rings is 2. The molecule has 0 N–H and O–H groups in total. The van der Waals surface area contributed by atoms with Crippen LogP contribution in [0.3, 0.4) is 0 Å². The highest BCUT2D eigenvalue weighted by Crippen LogP contribution is 2.35. The number of hydrogen-bond donors (Lipinski definition) is 0. The van der Waals surface area contributed by atoms with E-state index in [4.69, 9.17) is 0 Å². The molecule has 1 atom stereocenters. The van der Waals surface area contributed by atoms with Crippen molar-refractivity contribution < 1.29 is 14.4 Å². The maximum absolute atomic E-state index is 13.1. The van der Waals surface area contributed by atoms with Gasteiger partial charge in [0.2, 0.25) is 11.8 Å². The van der Waals surface area contributed by atoms with Crippen LogP contribution in [0.2, 0.25) is 0 Å². The van der Waals surface area contributed by atoms with Gasteiger partial charge in [0.05, 0.1) is 12.1 Å². The summed E-state index contributed by atoms with van der Waals surface area (Å²) < 4.78 is 0.872. The standard InChI is InChI=1S/C21H19BrN2O3/c22-16-8-10-17(11-9-16)24-19(25)12-18(21(24)27)23(20(26)15-6-7-15)13-14-4-2-1-3-5-14/h1-5,8-11,15,18H,6-7,12-13H2. The Morgan fingerprint density at radius 1 is 1.04 bits per heavy atom. The third-order valence-corrected chi connectivity index (χ3v) is 5.52. The summed E-state index contributed by atoms with van der Waals surface area (Å²) in [4.78, 5) is 41.4. The Bertz CT molecular complexity index is 878. The first-order valence-electron chi connectivity index (χ1n) is 9.01. The van der Waals surface area contributed by atoms with E-state index < -0.39 is 6.04 Å². The van der Waals surface area contributed by atoms with Crippen LogP contribution in [-0.2, 0) is 20.9 Å². The van der Waals surface area contributed by atoms with Crippen molar-refractivity contribution in [1.29, 1.82) is 0 Å². The zero-order chi connectivity index (χ0) is 19.0. The molecule has 0 aromatic heterocycles. The first-order chi connectivity index (χ1) is 13.0. The third kappa shape index (κ3) is 3.67. The number of imide groups is 1. The van der Waals surface area contributed by atoms with Gasteiger partial charge < -0.3 is 4.90 Å². The lowest BCUT2D eigenvalue weighted by Gasteiger charge is -2.28. The molecule has 2 aliphatic rings. The van der Waals surface area contributed by atoms with Crippen molar-refractivity contribution in [3.8, 4) is 0 Å². The SMILES string of the molecule is O=C1CC(N(Cc2ccccc2)C(=O)C2CC2)C(=O)N1c1ccc(Br)cc1. The summed E-state index contributed by atoms with van der Waals surface area (Å²) in [6.07, 6.45) is 1.74. The van der Waals surface area contributed by atoms with Gasteiger partial charge in [0, 0.05) is 16.9 Å². The molecule has 1 aliphatic heterocycles. The molecule has 3 amide bonds. The Kier molecular flexibility index (Phi) is 4.83. The molecule has 1 heterocycles. The minimum Gasteiger partial charge on any atom is -0.326 e. The minimum atomic E-state index is -0.741. The van der Waals surface area contributed by atoms with E-state index in [9.17, 15) is 14.4 Å². The summed E-state index contributed by atoms with van der Waals surface area (Å²) in [5.74, 6) is -0.637. The number of carbonyl (C=O) groups excluding carboxylic acids is 3. The second-order valence-corrected chi connectivity index (χ2v) is 7.91. The topological polar surface area (TPSA) is 57.7 Å². The van der Waals surface area contributed by atoms with Crippen LogP contribution in [0.4, 0.5) is 5.69 Å². The number of rotatable bonds is 5. The highest BCUT2D eigenvalue weighted by Gasteiger charge is 2.46. The molecule has 4 rings (SSSR count). The van der Waals surface area contributed by atoms with E-state index >= 15 is 0 Å². The molecule has 2 fully saturated rings. The molecule has 5 nitrogen and oxygen atoms in total. The number of halogens is 1. The van der Waals surface area contributed by atoms with Gasteiger partial charge in [-0.05, 0) is 42.7 Å². The number of anilines is 1. The van der Waals surface area contributed by atoms with E-state index in [0.717, 1.165) is 22.9 Å². The molecule has 2 aromatic rings. The average Bonchev–Trinajstić information content (AvgIpc) is 3.47. The molecule has 0 spiro atoms. The van der Waals surface area contributed by atoms with Gasteiger partial charge >= 0.3 is 0 Å². The Hall–Kier alpha value is -2.47. The van der Waals surface area contributed by atoms with Gasteiger partial charge in [-0.1, -0.05) is 46.3 Å². The van der Waals surface area contributed by atoms with Crippen LogP contribution < -0.4 is 4.90 Å². The quantitative estimate of drug-likeness (QED) is 0.687. The molecule has 1 unspecified atom stereocenters. The van der Waals surface area contributed by atoms with Crippen molar-refractivity contribution in [3.63, 3.8) is 0 Å². The molecular weight excluding hydrogens is 408 g/mol. The van der Waals surface area contributed by atoms with E-state index in [2.05, 4.69) is 15.9 Å². The second-order valence-electron chi connectivity index (χ2n) is 6.99. The van der Waals surface area contributed by atoms with Crippen LogP contribution in [0, 0.1) is 5.92 Å². The van der Waals surface area contributed by atoms with Crippen LogP contribution in [-0.4, -0.2) is 28.7 Å². The maximum atomic E-state index is 13.1. The Morgan fingerprint density at radius 2 is 1.70 bits per heavy atom. The monoisotopic (exact) mass is 426 g/mol. The second kappa shape index (κ2) is 7.27. The van der Waals surface area contributed by atoms with Crippen molar-refractivity contribution in [2.75, 3.05) is 4.90 Å². The lowest BCUT2D eigenvalue weighted by atomic mass is 10.1. The van der Waals surface area contributed by atoms with Gasteiger partial charge in [-0.25, -0.2) is 4.90 Å². The van der Waals surface area contributed by atoms with Crippen LogP contribution >= 0.6 is 15.9 Å². The molecule has 1 saturated heterocycles. The first-order valence-corrected chi connectivity index (χ1v) is 9.80. The Labute approximate surface area is 166 Å². The molecule has 1 saturated carbocycles. The molecular formula is C21H19BrN2O3. The predicted molar refractivity (Wildman–Crippen MR) is 105 cm³/mol. The molecule has 1 aliphatic carbocycles. The lowest BCUT2D eigenvalue weighted by Crippen LogP contribution is -2.45. The normalized spacial score (nSPS) is 19.4. The summed E-state index contributed by atoms with van der Waals surface area (Å²) in [7, 11) is 0. The fraction of sp³-hybridized carbons (Fsp3) is 0.286. The number of nitrogens with zero attached hydrogens (tertiary/aromatic N) is 2. The van der Waals surface area contributed by atoms with E-state index in [0.29, 0.717) is 12.2 Å². The largest absolute Gasteiger partial charge is 0.326 e. The highest BCUT2D eigenvalue weighted by atomic mass is 79.9. The summed E-state index contributed by atoms with van der Waals surface area (Å²) >= 11 is 3.36. The van der Waals surface area contributed by atoms with E-state index in [1.54, 1.807) is 29.2 Å². The predicted octanol–water partition coefficient (Wildman–Crippen LogP) is 3.52. The van der Waals surface area contributed by atoms with Crippen LogP contribution in [0.5, 0.6) is 0 Å². The highest BCUT2D eigenvalue weighted by molar-refractivity contribution is 9.10. The van der Waals surface area contributed by atoms with Crippen LogP contribution in [0.1, 0.15) is 24.8 Å². The molecule has 27 heavy (non-hydrogen) atoms. The molecule has 2 aromatic carbocycles. The summed E-state index contributed by atoms with van der Waals surface area (Å²) in [5.41, 5.74) is 1.49. The number of hydrogen-bond acceptors (Lipinski definition) is 3. The van der Waals surface area contributed by atoms with Crippen molar-refractivity contribution in [2.24, 2.45) is 5.92 Å². The van der Waals surface area contributed by atoms with Gasteiger partial charge in [0.15, 0.2) is 0 Å². The van der Waals surface area contributed by atoms with Gasteiger partial charge in [-0.15, -0.1) is 0 Å². The Morgan fingerprint density at radius 3 is 2.33 bits per heavy atom. The molecule has 0 radical (unpaired) electrons. The van der Waals surface area contributed by atoms with Gasteiger partial charge in [-0.3, -0.25) is 14.4 Å². The fourth-order valence-electron chi connectivity index (χ4n) is 3.41. The van der Waals surface area contributed by atoms with Crippen molar-refractivity contribution in [3.05, 3.63) is 64.6 Å². The van der Waals surface area contributed by atoms with E-state index in [1.165, 1.54) is 4.90 Å². The smallest absolute Gasteiger partial charge is 0.257 e. The average molecular weight is 427 g/mol. The molecule has 138 valence electrons. The van der Waals surface area contributed by atoms with Crippen molar-refractivity contribution in [1.82, 2.24) is 4.90 Å². The van der Waals surface area contributed by atoms with E-state index in [1.807, 2.05) is 30.3 Å². The van der Waals surface area contributed by atoms with Gasteiger partial charge in [-0.2, -0.15) is 0 Å². The zero-order valence-electron chi connectivity index (χ0n) is 14.7. The van der Waals surface area contributed by atoms with Crippen molar-refractivity contribution in [2.45, 2.75) is 31.8 Å². The number of amides is 3. The van der Waals surface area contributed by atoms with E-state index in [-0.39, 0.29) is 30.1 Å². The van der Waals surface area contributed by atoms with Gasteiger partial charge in [0.1, 0.15) is 6.04 Å². The van der Waals surface area contributed by atoms with Crippen LogP contribution in [0.25, 0.3) is 0 Å². The number of carbonyl (C=O) groups is 3. The molecule has 0 bridgehead atoms. The van der Waals surface area contributed by atoms with Crippen LogP contribution in [0.15, 0.2) is 59.1 Å². The summed E-state index contributed by atoms with van der Waals surface area (Å²) in [6, 6.07) is 15.9. The third-order valence-electron chi connectivity index (χ3n) is 4.99. The summed E-state index contributed by atoms with van der Waals surface area (Å²) in [6.45, 7) is 0.341. The van der Waals surface area contributed by atoms with Gasteiger partial charge in [0.25, 0.3) is 5.91 Å². The Balaban J connectivity index is 1.61. The maximum Gasteiger partial charge on any atom is 0.257 e. The fourth-order valence-corrected chi connectivity index (χ4v) is 3.67.